The quantitative estimate of drug-likeness (QED) is 0.775. The summed E-state index contributed by atoms with van der Waals surface area (Å²) in [6.07, 6.45) is 1.07. The standard InChI is InChI=1S/C16H17ClNO4S/c1-21-16-13(10-17)8-14(18-23(2,19)20)9-15(16)22-11-12-6-4-3-5-7-12/h3-8,18H,10-11H2,1-2H3. The fourth-order valence-electron chi connectivity index (χ4n) is 2.01. The number of halogens is 1. The van der Waals surface area contributed by atoms with E-state index in [2.05, 4.69) is 10.8 Å². The van der Waals surface area contributed by atoms with Gasteiger partial charge in [0.15, 0.2) is 11.5 Å². The van der Waals surface area contributed by atoms with Crippen LogP contribution in [0.2, 0.25) is 0 Å². The minimum Gasteiger partial charge on any atom is -0.493 e. The molecule has 0 saturated heterocycles. The van der Waals surface area contributed by atoms with Crippen LogP contribution in [-0.4, -0.2) is 21.8 Å². The molecule has 0 aliphatic carbocycles. The summed E-state index contributed by atoms with van der Waals surface area (Å²) in [5.41, 5.74) is 1.84. The van der Waals surface area contributed by atoms with Crippen molar-refractivity contribution in [3.63, 3.8) is 0 Å². The summed E-state index contributed by atoms with van der Waals surface area (Å²) in [7, 11) is -1.93. The average Bonchev–Trinajstić information content (AvgIpc) is 2.51. The van der Waals surface area contributed by atoms with Gasteiger partial charge in [-0.2, -0.15) is 0 Å². The van der Waals surface area contributed by atoms with Crippen LogP contribution in [0.5, 0.6) is 11.5 Å². The topological polar surface area (TPSA) is 64.6 Å². The van der Waals surface area contributed by atoms with Crippen LogP contribution in [0.15, 0.2) is 36.4 Å². The minimum atomic E-state index is -3.43. The molecule has 2 rings (SSSR count). The first-order valence-electron chi connectivity index (χ1n) is 6.76. The molecule has 0 atom stereocenters. The van der Waals surface area contributed by atoms with Gasteiger partial charge in [-0.25, -0.2) is 8.42 Å². The maximum atomic E-state index is 11.4. The van der Waals surface area contributed by atoms with Crippen LogP contribution in [0, 0.1) is 6.07 Å². The van der Waals surface area contributed by atoms with Crippen molar-refractivity contribution in [2.45, 2.75) is 12.5 Å². The molecule has 0 spiro atoms. The number of anilines is 1. The largest absolute Gasteiger partial charge is 0.493 e. The normalized spacial score (nSPS) is 11.1. The number of hydrogen-bond acceptors (Lipinski definition) is 4. The molecule has 0 amide bonds. The first kappa shape index (κ1) is 17.4. The van der Waals surface area contributed by atoms with Gasteiger partial charge in [0.25, 0.3) is 0 Å². The van der Waals surface area contributed by atoms with Gasteiger partial charge in [0.2, 0.25) is 10.0 Å². The minimum absolute atomic E-state index is 0.151. The molecule has 0 fully saturated rings. The Morgan fingerprint density at radius 3 is 2.52 bits per heavy atom. The summed E-state index contributed by atoms with van der Waals surface area (Å²) >= 11 is 5.92. The molecule has 0 aromatic heterocycles. The van der Waals surface area contributed by atoms with E-state index in [0.717, 1.165) is 11.8 Å². The first-order chi connectivity index (χ1) is 10.9. The highest BCUT2D eigenvalue weighted by Crippen LogP contribution is 2.36. The molecule has 2 aromatic rings. The first-order valence-corrected chi connectivity index (χ1v) is 9.19. The predicted molar refractivity (Wildman–Crippen MR) is 90.6 cm³/mol. The Balaban J connectivity index is 2.32. The zero-order valence-electron chi connectivity index (χ0n) is 12.8. The second-order valence-corrected chi connectivity index (χ2v) is 6.87. The number of nitrogens with one attached hydrogen (secondary N) is 1. The molecule has 0 aliphatic heterocycles. The molecule has 5 nitrogen and oxygen atoms in total. The van der Waals surface area contributed by atoms with Gasteiger partial charge in [0.1, 0.15) is 6.61 Å². The zero-order valence-corrected chi connectivity index (χ0v) is 14.4. The van der Waals surface area contributed by atoms with Crippen LogP contribution >= 0.6 is 11.6 Å². The zero-order chi connectivity index (χ0) is 16.9. The Hall–Kier alpha value is -1.92. The van der Waals surface area contributed by atoms with E-state index >= 15 is 0 Å². The number of methoxy groups -OCH3 is 1. The Labute approximate surface area is 141 Å². The molecular formula is C16H17ClNO4S. The second-order valence-electron chi connectivity index (χ2n) is 4.85. The lowest BCUT2D eigenvalue weighted by Gasteiger charge is -2.15. The summed E-state index contributed by atoms with van der Waals surface area (Å²) in [6, 6.07) is 14.0. The highest BCUT2D eigenvalue weighted by Gasteiger charge is 2.15. The van der Waals surface area contributed by atoms with E-state index in [9.17, 15) is 8.42 Å². The van der Waals surface area contributed by atoms with Gasteiger partial charge in [-0.05, 0) is 11.6 Å². The fourth-order valence-corrected chi connectivity index (χ4v) is 2.72. The maximum absolute atomic E-state index is 11.4. The number of sulfonamides is 1. The summed E-state index contributed by atoms with van der Waals surface area (Å²) in [4.78, 5) is 0. The third-order valence-electron chi connectivity index (χ3n) is 2.93. The number of rotatable bonds is 7. The number of hydrogen-bond donors (Lipinski definition) is 1. The van der Waals surface area contributed by atoms with Gasteiger partial charge in [-0.1, -0.05) is 30.3 Å². The number of ether oxygens (including phenoxy) is 2. The molecule has 0 bridgehead atoms. The van der Waals surface area contributed by atoms with Gasteiger partial charge >= 0.3 is 0 Å². The second kappa shape index (κ2) is 7.57. The lowest BCUT2D eigenvalue weighted by atomic mass is 10.2. The molecule has 0 heterocycles. The Kier molecular flexibility index (Phi) is 5.74. The van der Waals surface area contributed by atoms with Crippen LogP contribution in [0.25, 0.3) is 0 Å². The van der Waals surface area contributed by atoms with Gasteiger partial charge in [0.05, 0.1) is 31.0 Å². The lowest BCUT2D eigenvalue weighted by Crippen LogP contribution is -2.10. The van der Waals surface area contributed by atoms with E-state index in [4.69, 9.17) is 21.1 Å². The molecule has 0 saturated carbocycles. The highest BCUT2D eigenvalue weighted by molar-refractivity contribution is 7.92. The van der Waals surface area contributed by atoms with Gasteiger partial charge in [0, 0.05) is 5.56 Å². The molecule has 0 aliphatic rings. The molecule has 123 valence electrons. The summed E-state index contributed by atoms with van der Waals surface area (Å²) < 4.78 is 36.2. The molecule has 23 heavy (non-hydrogen) atoms. The molecule has 1 radical (unpaired) electrons. The van der Waals surface area contributed by atoms with Crippen LogP contribution in [0.4, 0.5) is 5.69 Å². The third kappa shape index (κ3) is 5.04. The van der Waals surface area contributed by atoms with Crippen LogP contribution in [0.3, 0.4) is 0 Å². The third-order valence-corrected chi connectivity index (χ3v) is 3.81. The Morgan fingerprint density at radius 2 is 1.96 bits per heavy atom. The monoisotopic (exact) mass is 354 g/mol. The van der Waals surface area contributed by atoms with Gasteiger partial charge in [-0.15, -0.1) is 11.6 Å². The van der Waals surface area contributed by atoms with Crippen molar-refractivity contribution >= 4 is 27.3 Å². The number of benzene rings is 2. The van der Waals surface area contributed by atoms with Crippen LogP contribution < -0.4 is 14.2 Å². The number of alkyl halides is 1. The SMILES string of the molecule is COc1c(OCc2ccccc2)[c]c(NS(C)(=O)=O)cc1CCl. The maximum Gasteiger partial charge on any atom is 0.229 e. The van der Waals surface area contributed by atoms with E-state index in [1.165, 1.54) is 7.11 Å². The van der Waals surface area contributed by atoms with Crippen LogP contribution in [-0.2, 0) is 22.5 Å². The van der Waals surface area contributed by atoms with E-state index in [-0.39, 0.29) is 11.6 Å². The van der Waals surface area contributed by atoms with Crippen molar-refractivity contribution in [2.75, 3.05) is 18.1 Å². The van der Waals surface area contributed by atoms with Gasteiger partial charge < -0.3 is 9.47 Å². The molecule has 0 unspecified atom stereocenters. The molecule has 1 N–H and O–H groups in total. The van der Waals surface area contributed by atoms with Crippen molar-refractivity contribution in [3.05, 3.63) is 53.6 Å². The summed E-state index contributed by atoms with van der Waals surface area (Å²) in [5, 5.41) is 0. The van der Waals surface area contributed by atoms with Crippen LogP contribution in [0.1, 0.15) is 11.1 Å². The average molecular weight is 355 g/mol. The van der Waals surface area contributed by atoms with Crippen molar-refractivity contribution in [3.8, 4) is 11.5 Å². The van der Waals surface area contributed by atoms with Gasteiger partial charge in [-0.3, -0.25) is 4.72 Å². The van der Waals surface area contributed by atoms with E-state index in [0.29, 0.717) is 23.7 Å². The Bertz CT molecular complexity index is 763. The Morgan fingerprint density at radius 1 is 1.26 bits per heavy atom. The van der Waals surface area contributed by atoms with Crippen molar-refractivity contribution in [1.82, 2.24) is 0 Å². The molecular weight excluding hydrogens is 338 g/mol. The summed E-state index contributed by atoms with van der Waals surface area (Å²) in [5.74, 6) is 0.897. The van der Waals surface area contributed by atoms with Crippen molar-refractivity contribution in [2.24, 2.45) is 0 Å². The smallest absolute Gasteiger partial charge is 0.229 e. The lowest BCUT2D eigenvalue weighted by molar-refractivity contribution is 0.283. The molecule has 7 heteroatoms. The van der Waals surface area contributed by atoms with Crippen molar-refractivity contribution < 1.29 is 17.9 Å². The van der Waals surface area contributed by atoms with E-state index < -0.39 is 10.0 Å². The fraction of sp³-hybridized carbons (Fsp3) is 0.250. The van der Waals surface area contributed by atoms with E-state index in [1.807, 2.05) is 30.3 Å². The van der Waals surface area contributed by atoms with E-state index in [1.54, 1.807) is 6.07 Å². The highest BCUT2D eigenvalue weighted by atomic mass is 35.5. The van der Waals surface area contributed by atoms with Crippen molar-refractivity contribution in [1.29, 1.82) is 0 Å². The molecule has 2 aromatic carbocycles. The summed E-state index contributed by atoms with van der Waals surface area (Å²) in [6.45, 7) is 0.303. The predicted octanol–water partition coefficient (Wildman–Crippen LogP) is 3.18.